The lowest BCUT2D eigenvalue weighted by atomic mass is 10.4. The largest absolute Gasteiger partial charge is 0.370 e. The van der Waals surface area contributed by atoms with Gasteiger partial charge in [0.05, 0.1) is 6.54 Å². The molecule has 7 heteroatoms. The van der Waals surface area contributed by atoms with Crippen LogP contribution >= 0.6 is 9.24 Å². The van der Waals surface area contributed by atoms with Crippen LogP contribution < -0.4 is 11.1 Å². The number of likely N-dealkylation sites (N-methyl/N-ethyl adjacent to an activating group) is 2. The predicted octanol–water partition coefficient (Wildman–Crippen LogP) is -1.27. The van der Waals surface area contributed by atoms with Crippen molar-refractivity contribution >= 4 is 21.1 Å². The predicted molar refractivity (Wildman–Crippen MR) is 69.6 cm³/mol. The molecular formula is C9H22N5OP. The molecule has 0 aliphatic heterocycles. The van der Waals surface area contributed by atoms with E-state index in [-0.39, 0.29) is 18.4 Å². The molecule has 0 spiro atoms. The van der Waals surface area contributed by atoms with E-state index >= 15 is 0 Å². The van der Waals surface area contributed by atoms with Crippen molar-refractivity contribution in [3.63, 3.8) is 0 Å². The average Bonchev–Trinajstić information content (AvgIpc) is 2.17. The summed E-state index contributed by atoms with van der Waals surface area (Å²) in [5.41, 5.74) is 5.22. The van der Waals surface area contributed by atoms with Gasteiger partial charge in [0.2, 0.25) is 5.91 Å². The second kappa shape index (κ2) is 8.30. The van der Waals surface area contributed by atoms with E-state index in [9.17, 15) is 4.79 Å². The van der Waals surface area contributed by atoms with Gasteiger partial charge in [0, 0.05) is 26.7 Å². The first-order valence-electron chi connectivity index (χ1n) is 5.17. The van der Waals surface area contributed by atoms with Gasteiger partial charge in [-0.2, -0.15) is 0 Å². The summed E-state index contributed by atoms with van der Waals surface area (Å²) in [4.78, 5) is 14.9. The lowest BCUT2D eigenvalue weighted by molar-refractivity contribution is -0.121. The Balaban J connectivity index is 3.62. The van der Waals surface area contributed by atoms with Gasteiger partial charge in [-0.3, -0.25) is 10.2 Å². The molecule has 0 saturated carbocycles. The number of nitrogens with one attached hydrogen (secondary N) is 2. The fraction of sp³-hybridized carbons (Fsp3) is 0.778. The van der Waals surface area contributed by atoms with E-state index in [1.54, 1.807) is 7.05 Å². The van der Waals surface area contributed by atoms with Gasteiger partial charge in [0.1, 0.15) is 0 Å². The van der Waals surface area contributed by atoms with E-state index in [1.165, 1.54) is 4.90 Å². The van der Waals surface area contributed by atoms with Crippen molar-refractivity contribution in [3.8, 4) is 0 Å². The molecule has 0 aromatic heterocycles. The zero-order valence-corrected chi connectivity index (χ0v) is 11.1. The van der Waals surface area contributed by atoms with Crippen molar-refractivity contribution < 1.29 is 4.79 Å². The van der Waals surface area contributed by atoms with Crippen LogP contribution in [0.25, 0.3) is 0 Å². The Morgan fingerprint density at radius 1 is 1.44 bits per heavy atom. The molecule has 0 bridgehead atoms. The molecule has 0 aliphatic rings. The second-order valence-corrected chi connectivity index (χ2v) is 4.26. The Labute approximate surface area is 99.2 Å². The molecule has 0 saturated heterocycles. The number of guanidine groups is 1. The number of rotatable bonds is 7. The van der Waals surface area contributed by atoms with Crippen molar-refractivity contribution in [2.75, 3.05) is 46.4 Å². The Morgan fingerprint density at radius 2 is 2.06 bits per heavy atom. The van der Waals surface area contributed by atoms with E-state index < -0.39 is 0 Å². The SMILES string of the molecule is CN(CCP)CCNC(=O)CN(C)C(=N)N. The third kappa shape index (κ3) is 7.43. The van der Waals surface area contributed by atoms with Crippen LogP contribution in [-0.2, 0) is 4.79 Å². The van der Waals surface area contributed by atoms with Gasteiger partial charge in [0.25, 0.3) is 0 Å². The first kappa shape index (κ1) is 15.1. The number of nitrogens with two attached hydrogens (primary N) is 1. The standard InChI is InChI=1S/C9H22N5OP/c1-13(5-6-16)4-3-12-8(15)7-14(2)9(10)11/h3-7,16H2,1-2H3,(H3,10,11)(H,12,15). The molecule has 6 nitrogen and oxygen atoms in total. The molecular weight excluding hydrogens is 225 g/mol. The van der Waals surface area contributed by atoms with Gasteiger partial charge in [-0.15, -0.1) is 9.24 Å². The molecule has 0 fully saturated rings. The van der Waals surface area contributed by atoms with Crippen molar-refractivity contribution in [1.29, 1.82) is 5.41 Å². The van der Waals surface area contributed by atoms with Crippen molar-refractivity contribution in [2.24, 2.45) is 5.73 Å². The minimum absolute atomic E-state index is 0.102. The smallest absolute Gasteiger partial charge is 0.239 e. The van der Waals surface area contributed by atoms with Crippen molar-refractivity contribution in [3.05, 3.63) is 0 Å². The highest BCUT2D eigenvalue weighted by atomic mass is 31.0. The first-order valence-corrected chi connectivity index (χ1v) is 5.99. The van der Waals surface area contributed by atoms with E-state index in [0.717, 1.165) is 19.3 Å². The monoisotopic (exact) mass is 247 g/mol. The summed E-state index contributed by atoms with van der Waals surface area (Å²) in [7, 11) is 6.29. The molecule has 1 amide bonds. The molecule has 0 aromatic carbocycles. The van der Waals surface area contributed by atoms with E-state index in [0.29, 0.717) is 6.54 Å². The highest BCUT2D eigenvalue weighted by Crippen LogP contribution is 1.86. The minimum Gasteiger partial charge on any atom is -0.370 e. The number of carbonyl (C=O) groups is 1. The van der Waals surface area contributed by atoms with Gasteiger partial charge in [0.15, 0.2) is 5.96 Å². The van der Waals surface area contributed by atoms with Gasteiger partial charge < -0.3 is 20.9 Å². The Kier molecular flexibility index (Phi) is 7.85. The lowest BCUT2D eigenvalue weighted by Crippen LogP contribution is -2.43. The molecule has 0 rings (SSSR count). The Bertz CT molecular complexity index is 236. The molecule has 1 unspecified atom stereocenters. The summed E-state index contributed by atoms with van der Waals surface area (Å²) in [6.07, 6.45) is 1.03. The lowest BCUT2D eigenvalue weighted by Gasteiger charge is -2.18. The topological polar surface area (TPSA) is 85.5 Å². The van der Waals surface area contributed by atoms with Crippen LogP contribution in [0.1, 0.15) is 0 Å². The number of amides is 1. The Hall–Kier alpha value is -0.870. The normalized spacial score (nSPS) is 10.2. The van der Waals surface area contributed by atoms with Crippen LogP contribution in [0.3, 0.4) is 0 Å². The maximum absolute atomic E-state index is 11.4. The molecule has 0 aliphatic carbocycles. The van der Waals surface area contributed by atoms with Gasteiger partial charge in [-0.25, -0.2) is 0 Å². The average molecular weight is 247 g/mol. The summed E-state index contributed by atoms with van der Waals surface area (Å²) in [5.74, 6) is -0.216. The summed E-state index contributed by atoms with van der Waals surface area (Å²) < 4.78 is 0. The van der Waals surface area contributed by atoms with Crippen LogP contribution in [0.4, 0.5) is 0 Å². The third-order valence-electron chi connectivity index (χ3n) is 2.12. The zero-order chi connectivity index (χ0) is 12.6. The fourth-order valence-electron chi connectivity index (χ4n) is 1.07. The first-order chi connectivity index (χ1) is 7.47. The van der Waals surface area contributed by atoms with Crippen LogP contribution in [0, 0.1) is 5.41 Å². The van der Waals surface area contributed by atoms with Gasteiger partial charge >= 0.3 is 0 Å². The Morgan fingerprint density at radius 3 is 2.56 bits per heavy atom. The van der Waals surface area contributed by atoms with E-state index in [4.69, 9.17) is 11.1 Å². The molecule has 0 heterocycles. The molecule has 94 valence electrons. The van der Waals surface area contributed by atoms with E-state index in [2.05, 4.69) is 19.5 Å². The fourth-order valence-corrected chi connectivity index (χ4v) is 1.52. The minimum atomic E-state index is -0.114. The third-order valence-corrected chi connectivity index (χ3v) is 2.38. The van der Waals surface area contributed by atoms with Gasteiger partial charge in [-0.1, -0.05) is 0 Å². The molecule has 4 N–H and O–H groups in total. The van der Waals surface area contributed by atoms with Crippen molar-refractivity contribution in [2.45, 2.75) is 0 Å². The summed E-state index contributed by atoms with van der Waals surface area (Å²) in [6, 6.07) is 0. The second-order valence-electron chi connectivity index (χ2n) is 3.68. The number of hydrogen-bond donors (Lipinski definition) is 3. The number of nitrogens with zero attached hydrogens (tertiary/aromatic N) is 2. The number of hydrogen-bond acceptors (Lipinski definition) is 3. The van der Waals surface area contributed by atoms with E-state index in [1.807, 2.05) is 7.05 Å². The summed E-state index contributed by atoms with van der Waals surface area (Å²) >= 11 is 0. The maximum Gasteiger partial charge on any atom is 0.239 e. The van der Waals surface area contributed by atoms with Crippen LogP contribution in [-0.4, -0.2) is 68.1 Å². The highest BCUT2D eigenvalue weighted by Gasteiger charge is 2.06. The summed E-state index contributed by atoms with van der Waals surface area (Å²) in [6.45, 7) is 2.56. The maximum atomic E-state index is 11.4. The molecule has 0 radical (unpaired) electrons. The van der Waals surface area contributed by atoms with Crippen molar-refractivity contribution in [1.82, 2.24) is 15.1 Å². The molecule has 0 aromatic rings. The quantitative estimate of drug-likeness (QED) is 0.298. The van der Waals surface area contributed by atoms with Gasteiger partial charge in [-0.05, 0) is 13.2 Å². The zero-order valence-electron chi connectivity index (χ0n) is 9.99. The van der Waals surface area contributed by atoms with Crippen LogP contribution in [0.5, 0.6) is 0 Å². The van der Waals surface area contributed by atoms with Crippen LogP contribution in [0.2, 0.25) is 0 Å². The number of carbonyl (C=O) groups excluding carboxylic acids is 1. The summed E-state index contributed by atoms with van der Waals surface area (Å²) in [5, 5.41) is 9.88. The molecule has 1 atom stereocenters. The highest BCUT2D eigenvalue weighted by molar-refractivity contribution is 7.16. The van der Waals surface area contributed by atoms with Crippen LogP contribution in [0.15, 0.2) is 0 Å². The molecule has 16 heavy (non-hydrogen) atoms.